The largest absolute Gasteiger partial charge is 0.388 e. The quantitative estimate of drug-likeness (QED) is 0.598. The Morgan fingerprint density at radius 3 is 2.45 bits per heavy atom. The molecule has 1 aromatic heterocycles. The van der Waals surface area contributed by atoms with Crippen LogP contribution < -0.4 is 0 Å². The molecular weight excluding hydrogens is 385 g/mol. The number of pyridine rings is 1. The van der Waals surface area contributed by atoms with Gasteiger partial charge in [0.05, 0.1) is 17.3 Å². The Labute approximate surface area is 148 Å². The van der Waals surface area contributed by atoms with Gasteiger partial charge in [-0.3, -0.25) is 0 Å². The fraction of sp³-hybridized carbons (Fsp3) is 0.118. The first-order valence-corrected chi connectivity index (χ1v) is 8.08. The lowest BCUT2D eigenvalue weighted by Crippen LogP contribution is -2.01. The van der Waals surface area contributed by atoms with Gasteiger partial charge in [-0.1, -0.05) is 57.9 Å². The third-order valence-electron chi connectivity index (χ3n) is 3.39. The summed E-state index contributed by atoms with van der Waals surface area (Å²) >= 11 is 9.27. The van der Waals surface area contributed by atoms with E-state index >= 15 is 0 Å². The van der Waals surface area contributed by atoms with Crippen LogP contribution in [0.5, 0.6) is 0 Å². The molecule has 1 heterocycles. The molecule has 0 spiro atoms. The minimum atomic E-state index is -0.566. The summed E-state index contributed by atoms with van der Waals surface area (Å²) in [5.41, 5.74) is 3.57. The maximum absolute atomic E-state index is 10.2. The van der Waals surface area contributed by atoms with Gasteiger partial charge in [-0.15, -0.1) is 12.4 Å². The first-order chi connectivity index (χ1) is 10.2. The van der Waals surface area contributed by atoms with Gasteiger partial charge in [-0.05, 0) is 29.8 Å². The number of aliphatic hydroxyl groups is 1. The van der Waals surface area contributed by atoms with Crippen LogP contribution in [0.25, 0.3) is 22.2 Å². The molecule has 114 valence electrons. The fourth-order valence-electron chi connectivity index (χ4n) is 2.33. The van der Waals surface area contributed by atoms with Crippen LogP contribution in [0, 0.1) is 0 Å². The zero-order valence-corrected chi connectivity index (χ0v) is 14.7. The summed E-state index contributed by atoms with van der Waals surface area (Å²) in [5, 5.41) is 12.4. The van der Waals surface area contributed by atoms with E-state index in [2.05, 4.69) is 20.9 Å². The maximum Gasteiger partial charge on any atom is 0.0894 e. The van der Waals surface area contributed by atoms with E-state index in [9.17, 15) is 5.11 Å². The van der Waals surface area contributed by atoms with Crippen molar-refractivity contribution < 1.29 is 5.11 Å². The van der Waals surface area contributed by atoms with E-state index in [0.717, 1.165) is 27.7 Å². The lowest BCUT2D eigenvalue weighted by Gasteiger charge is -2.13. The van der Waals surface area contributed by atoms with Crippen molar-refractivity contribution in [1.82, 2.24) is 4.98 Å². The van der Waals surface area contributed by atoms with Crippen LogP contribution in [0.3, 0.4) is 0 Å². The molecule has 0 saturated heterocycles. The second kappa shape index (κ2) is 7.42. The van der Waals surface area contributed by atoms with Crippen LogP contribution in [-0.2, 0) is 0 Å². The number of hydrogen-bond donors (Lipinski definition) is 1. The molecular formula is C17H14BrCl2NO. The molecule has 1 unspecified atom stereocenters. The van der Waals surface area contributed by atoms with Crippen molar-refractivity contribution in [2.45, 2.75) is 6.10 Å². The minimum Gasteiger partial charge on any atom is -0.388 e. The van der Waals surface area contributed by atoms with Gasteiger partial charge in [0.2, 0.25) is 0 Å². The number of para-hydroxylation sites is 1. The number of fused-ring (bicyclic) bond motifs is 1. The number of benzene rings is 2. The third kappa shape index (κ3) is 3.44. The summed E-state index contributed by atoms with van der Waals surface area (Å²) in [7, 11) is 0. The van der Waals surface area contributed by atoms with E-state index in [1.54, 1.807) is 0 Å². The zero-order chi connectivity index (χ0) is 14.8. The SMILES string of the molecule is Cl.OC(CBr)c1cc(-c2ccc(Cl)cc2)nc2ccccc12. The van der Waals surface area contributed by atoms with Gasteiger partial charge < -0.3 is 5.11 Å². The van der Waals surface area contributed by atoms with Gasteiger partial charge in [0.15, 0.2) is 0 Å². The normalized spacial score (nSPS) is 12.0. The first-order valence-electron chi connectivity index (χ1n) is 6.58. The molecule has 2 nitrogen and oxygen atoms in total. The summed E-state index contributed by atoms with van der Waals surface area (Å²) in [4.78, 5) is 4.68. The van der Waals surface area contributed by atoms with E-state index < -0.39 is 6.10 Å². The zero-order valence-electron chi connectivity index (χ0n) is 11.5. The number of rotatable bonds is 3. The monoisotopic (exact) mass is 397 g/mol. The topological polar surface area (TPSA) is 33.1 Å². The Bertz CT molecular complexity index is 777. The van der Waals surface area contributed by atoms with E-state index in [4.69, 9.17) is 11.6 Å². The number of halogens is 3. The Hall–Kier alpha value is -1.13. The van der Waals surface area contributed by atoms with Crippen LogP contribution in [0.2, 0.25) is 5.02 Å². The molecule has 0 aliphatic carbocycles. The van der Waals surface area contributed by atoms with E-state index in [-0.39, 0.29) is 12.4 Å². The highest BCUT2D eigenvalue weighted by atomic mass is 79.9. The lowest BCUT2D eigenvalue weighted by molar-refractivity contribution is 0.207. The van der Waals surface area contributed by atoms with Crippen molar-refractivity contribution in [2.75, 3.05) is 5.33 Å². The molecule has 0 amide bonds. The smallest absolute Gasteiger partial charge is 0.0894 e. The third-order valence-corrected chi connectivity index (χ3v) is 4.26. The average Bonchev–Trinajstić information content (AvgIpc) is 2.53. The van der Waals surface area contributed by atoms with Gasteiger partial charge in [0, 0.05) is 21.3 Å². The number of aliphatic hydroxyl groups excluding tert-OH is 1. The molecule has 0 radical (unpaired) electrons. The van der Waals surface area contributed by atoms with Crippen molar-refractivity contribution in [1.29, 1.82) is 0 Å². The first kappa shape index (κ1) is 17.2. The molecule has 1 atom stereocenters. The Morgan fingerprint density at radius 2 is 1.77 bits per heavy atom. The molecule has 0 bridgehead atoms. The molecule has 5 heteroatoms. The van der Waals surface area contributed by atoms with Gasteiger partial charge in [-0.2, -0.15) is 0 Å². The Kier molecular flexibility index (Phi) is 5.81. The summed E-state index contributed by atoms with van der Waals surface area (Å²) < 4.78 is 0. The van der Waals surface area contributed by atoms with Crippen molar-refractivity contribution in [3.63, 3.8) is 0 Å². The van der Waals surface area contributed by atoms with Crippen molar-refractivity contribution >= 4 is 50.8 Å². The summed E-state index contributed by atoms with van der Waals surface area (Å²) in [5.74, 6) is 0. The highest BCUT2D eigenvalue weighted by Gasteiger charge is 2.13. The predicted molar refractivity (Wildman–Crippen MR) is 98.2 cm³/mol. The molecule has 1 N–H and O–H groups in total. The van der Waals surface area contributed by atoms with E-state index in [1.807, 2.05) is 54.6 Å². The number of nitrogens with zero attached hydrogens (tertiary/aromatic N) is 1. The number of aromatic nitrogens is 1. The van der Waals surface area contributed by atoms with Gasteiger partial charge in [0.25, 0.3) is 0 Å². The molecule has 3 aromatic rings. The second-order valence-electron chi connectivity index (χ2n) is 4.79. The molecule has 0 fully saturated rings. The van der Waals surface area contributed by atoms with Crippen LogP contribution in [0.1, 0.15) is 11.7 Å². The van der Waals surface area contributed by atoms with Crippen LogP contribution in [0.4, 0.5) is 0 Å². The Morgan fingerprint density at radius 1 is 1.09 bits per heavy atom. The van der Waals surface area contributed by atoms with E-state index in [1.165, 1.54) is 0 Å². The van der Waals surface area contributed by atoms with Crippen LogP contribution in [0.15, 0.2) is 54.6 Å². The maximum atomic E-state index is 10.2. The van der Waals surface area contributed by atoms with Crippen LogP contribution >= 0.6 is 39.9 Å². The van der Waals surface area contributed by atoms with Crippen molar-refractivity contribution in [3.05, 3.63) is 65.2 Å². The highest BCUT2D eigenvalue weighted by Crippen LogP contribution is 2.29. The average molecular weight is 399 g/mol. The van der Waals surface area contributed by atoms with Crippen molar-refractivity contribution in [3.8, 4) is 11.3 Å². The summed E-state index contributed by atoms with van der Waals surface area (Å²) in [6, 6.07) is 17.3. The van der Waals surface area contributed by atoms with E-state index in [0.29, 0.717) is 10.4 Å². The van der Waals surface area contributed by atoms with Crippen LogP contribution in [-0.4, -0.2) is 15.4 Å². The highest BCUT2D eigenvalue weighted by molar-refractivity contribution is 9.09. The summed E-state index contributed by atoms with van der Waals surface area (Å²) in [6.45, 7) is 0. The fourth-order valence-corrected chi connectivity index (χ4v) is 2.80. The summed E-state index contributed by atoms with van der Waals surface area (Å²) in [6.07, 6.45) is -0.566. The minimum absolute atomic E-state index is 0. The molecule has 0 aliphatic rings. The Balaban J connectivity index is 0.00000176. The molecule has 3 rings (SSSR count). The number of hydrogen-bond acceptors (Lipinski definition) is 2. The van der Waals surface area contributed by atoms with Gasteiger partial charge >= 0.3 is 0 Å². The van der Waals surface area contributed by atoms with Crippen molar-refractivity contribution in [2.24, 2.45) is 0 Å². The number of alkyl halides is 1. The standard InChI is InChI=1S/C17H13BrClNO.ClH/c18-10-17(21)14-9-16(11-5-7-12(19)8-6-11)20-15-4-2-1-3-13(14)15;/h1-9,17,21H,10H2;1H. The van der Waals surface area contributed by atoms with Gasteiger partial charge in [-0.25, -0.2) is 4.98 Å². The molecule has 22 heavy (non-hydrogen) atoms. The molecule has 0 saturated carbocycles. The predicted octanol–water partition coefficient (Wildman–Crippen LogP) is 5.41. The molecule has 0 aliphatic heterocycles. The molecule has 2 aromatic carbocycles. The second-order valence-corrected chi connectivity index (χ2v) is 5.87. The van der Waals surface area contributed by atoms with Gasteiger partial charge in [0.1, 0.15) is 0 Å². The lowest BCUT2D eigenvalue weighted by atomic mass is 10.0.